The van der Waals surface area contributed by atoms with E-state index in [9.17, 15) is 0 Å². The first-order chi connectivity index (χ1) is 6.38. The predicted molar refractivity (Wildman–Crippen MR) is 56.5 cm³/mol. The summed E-state index contributed by atoms with van der Waals surface area (Å²) < 4.78 is 11.1. The van der Waals surface area contributed by atoms with Gasteiger partial charge in [-0.05, 0) is 12.8 Å². The summed E-state index contributed by atoms with van der Waals surface area (Å²) in [6, 6.07) is 0. The first-order valence-corrected chi connectivity index (χ1v) is 5.55. The van der Waals surface area contributed by atoms with Crippen LogP contribution < -0.4 is 0 Å². The third-order valence-electron chi connectivity index (χ3n) is 1.63. The van der Waals surface area contributed by atoms with E-state index in [-0.39, 0.29) is 0 Å². The summed E-state index contributed by atoms with van der Waals surface area (Å²) in [4.78, 5) is 0. The Morgan fingerprint density at radius 1 is 1.62 bits per heavy atom. The van der Waals surface area contributed by atoms with Crippen molar-refractivity contribution in [2.24, 2.45) is 0 Å². The minimum absolute atomic E-state index is 0.681. The van der Waals surface area contributed by atoms with E-state index in [2.05, 4.69) is 19.2 Å². The molecule has 1 heterocycles. The molecule has 0 N–H and O–H groups in total. The first-order valence-electron chi connectivity index (χ1n) is 4.38. The molecule has 0 aliphatic carbocycles. The lowest BCUT2D eigenvalue weighted by molar-refractivity contribution is 0.256. The van der Waals surface area contributed by atoms with Crippen LogP contribution in [0, 0.1) is 0 Å². The smallest absolute Gasteiger partial charge is 0.204 e. The number of hydrogen-bond acceptors (Lipinski definition) is 2. The Labute approximate surface area is 80.8 Å². The Hall–Kier alpha value is -0.430. The van der Waals surface area contributed by atoms with Crippen molar-refractivity contribution in [2.75, 3.05) is 13.2 Å². The normalized spacial score (nSPS) is 22.2. The van der Waals surface area contributed by atoms with Crippen LogP contribution in [0.25, 0.3) is 0 Å². The monoisotopic (exact) mass is 198 g/mol. The minimum atomic E-state index is -0.852. The zero-order chi connectivity index (χ0) is 9.52. The lowest BCUT2D eigenvalue weighted by Gasteiger charge is -2.21. The largest absolute Gasteiger partial charge is 0.330 e. The molecule has 72 valence electrons. The maximum atomic E-state index is 5.56. The summed E-state index contributed by atoms with van der Waals surface area (Å²) >= 11 is 0. The van der Waals surface area contributed by atoms with Crippen LogP contribution >= 0.6 is 8.38 Å². The molecule has 2 nitrogen and oxygen atoms in total. The van der Waals surface area contributed by atoms with Crippen molar-refractivity contribution in [1.82, 2.24) is 0 Å². The zero-order valence-electron chi connectivity index (χ0n) is 7.74. The standard InChI is InChI=1S/C10H15O2P/c1-3-5-8-11-13-10(4-2)7-6-9-12-13/h3-4,7H,1-2,5-6,8-9H2. The quantitative estimate of drug-likeness (QED) is 0.383. The summed E-state index contributed by atoms with van der Waals surface area (Å²) in [7, 11) is -0.852. The van der Waals surface area contributed by atoms with Gasteiger partial charge in [-0.15, -0.1) is 6.58 Å². The third kappa shape index (κ3) is 3.43. The van der Waals surface area contributed by atoms with Crippen LogP contribution in [0.3, 0.4) is 0 Å². The second-order valence-electron chi connectivity index (χ2n) is 2.62. The van der Waals surface area contributed by atoms with Crippen LogP contribution in [0.15, 0.2) is 36.7 Å². The first kappa shape index (κ1) is 10.6. The number of hydrogen-bond donors (Lipinski definition) is 0. The van der Waals surface area contributed by atoms with Crippen molar-refractivity contribution < 1.29 is 9.05 Å². The summed E-state index contributed by atoms with van der Waals surface area (Å²) in [6.45, 7) is 8.81. The lowest BCUT2D eigenvalue weighted by atomic mass is 10.4. The molecule has 0 amide bonds. The summed E-state index contributed by atoms with van der Waals surface area (Å²) in [5.41, 5.74) is 0. The highest BCUT2D eigenvalue weighted by Gasteiger charge is 2.17. The van der Waals surface area contributed by atoms with E-state index in [1.807, 2.05) is 12.2 Å². The Kier molecular flexibility index (Phi) is 4.99. The highest BCUT2D eigenvalue weighted by atomic mass is 31.2. The molecule has 0 aromatic rings. The molecule has 1 unspecified atom stereocenters. The third-order valence-corrected chi connectivity index (χ3v) is 3.25. The average molecular weight is 198 g/mol. The Morgan fingerprint density at radius 3 is 3.15 bits per heavy atom. The van der Waals surface area contributed by atoms with Crippen molar-refractivity contribution in [1.29, 1.82) is 0 Å². The Morgan fingerprint density at radius 2 is 2.46 bits per heavy atom. The van der Waals surface area contributed by atoms with E-state index >= 15 is 0 Å². The van der Waals surface area contributed by atoms with Gasteiger partial charge < -0.3 is 9.05 Å². The van der Waals surface area contributed by atoms with E-state index in [1.165, 1.54) is 0 Å². The van der Waals surface area contributed by atoms with Gasteiger partial charge in [-0.25, -0.2) is 0 Å². The van der Waals surface area contributed by atoms with Crippen LogP contribution in [0.2, 0.25) is 0 Å². The van der Waals surface area contributed by atoms with Crippen molar-refractivity contribution >= 4 is 8.38 Å². The highest BCUT2D eigenvalue weighted by molar-refractivity contribution is 7.52. The predicted octanol–water partition coefficient (Wildman–Crippen LogP) is 3.38. The fourth-order valence-corrected chi connectivity index (χ4v) is 2.32. The molecule has 0 saturated carbocycles. The van der Waals surface area contributed by atoms with E-state index in [4.69, 9.17) is 9.05 Å². The molecule has 0 bridgehead atoms. The van der Waals surface area contributed by atoms with Gasteiger partial charge in [0, 0.05) is 5.31 Å². The van der Waals surface area contributed by atoms with Crippen LogP contribution in [-0.2, 0) is 9.05 Å². The van der Waals surface area contributed by atoms with Gasteiger partial charge in [-0.1, -0.05) is 24.8 Å². The molecule has 0 saturated heterocycles. The molecule has 1 aliphatic rings. The van der Waals surface area contributed by atoms with Gasteiger partial charge in [-0.2, -0.15) is 0 Å². The summed E-state index contributed by atoms with van der Waals surface area (Å²) in [5, 5.41) is 1.10. The molecule has 0 fully saturated rings. The van der Waals surface area contributed by atoms with Gasteiger partial charge in [0.2, 0.25) is 8.38 Å². The number of allylic oxidation sites excluding steroid dienone is 2. The molecule has 0 aromatic heterocycles. The van der Waals surface area contributed by atoms with Crippen molar-refractivity contribution in [3.8, 4) is 0 Å². The SMILES string of the molecule is C=CCCOP1OCCC=C1C=C. The zero-order valence-corrected chi connectivity index (χ0v) is 8.63. The second-order valence-corrected chi connectivity index (χ2v) is 4.17. The van der Waals surface area contributed by atoms with Crippen LogP contribution in [-0.4, -0.2) is 13.2 Å². The van der Waals surface area contributed by atoms with Gasteiger partial charge in [0.1, 0.15) is 0 Å². The molecule has 1 atom stereocenters. The summed E-state index contributed by atoms with van der Waals surface area (Å²) in [5.74, 6) is 0. The molecule has 1 aliphatic heterocycles. The maximum Gasteiger partial charge on any atom is 0.204 e. The molecule has 0 radical (unpaired) electrons. The molecule has 0 spiro atoms. The lowest BCUT2D eigenvalue weighted by Crippen LogP contribution is -2.00. The molecular weight excluding hydrogens is 183 g/mol. The van der Waals surface area contributed by atoms with Crippen LogP contribution in [0.1, 0.15) is 12.8 Å². The van der Waals surface area contributed by atoms with Gasteiger partial charge in [0.15, 0.2) is 0 Å². The Bertz CT molecular complexity index is 211. The summed E-state index contributed by atoms with van der Waals surface area (Å²) in [6.07, 6.45) is 7.63. The topological polar surface area (TPSA) is 18.5 Å². The van der Waals surface area contributed by atoms with Gasteiger partial charge in [0.05, 0.1) is 13.2 Å². The molecule has 3 heteroatoms. The maximum absolute atomic E-state index is 5.56. The van der Waals surface area contributed by atoms with Crippen LogP contribution in [0.5, 0.6) is 0 Å². The molecule has 13 heavy (non-hydrogen) atoms. The molecular formula is C10H15O2P. The fraction of sp³-hybridized carbons (Fsp3) is 0.400. The van der Waals surface area contributed by atoms with Gasteiger partial charge in [0.25, 0.3) is 0 Å². The number of rotatable bonds is 5. The second kappa shape index (κ2) is 6.09. The van der Waals surface area contributed by atoms with E-state index in [0.29, 0.717) is 6.61 Å². The molecule has 0 aromatic carbocycles. The highest BCUT2D eigenvalue weighted by Crippen LogP contribution is 2.49. The van der Waals surface area contributed by atoms with E-state index in [0.717, 1.165) is 24.8 Å². The van der Waals surface area contributed by atoms with Crippen molar-refractivity contribution in [3.63, 3.8) is 0 Å². The average Bonchev–Trinajstić information content (AvgIpc) is 2.19. The fourth-order valence-electron chi connectivity index (χ4n) is 0.980. The van der Waals surface area contributed by atoms with Crippen LogP contribution in [0.4, 0.5) is 0 Å². The van der Waals surface area contributed by atoms with E-state index < -0.39 is 8.38 Å². The molecule has 1 rings (SSSR count). The Balaban J connectivity index is 2.37. The van der Waals surface area contributed by atoms with Crippen molar-refractivity contribution in [3.05, 3.63) is 36.7 Å². The minimum Gasteiger partial charge on any atom is -0.330 e. The van der Waals surface area contributed by atoms with Gasteiger partial charge >= 0.3 is 0 Å². The van der Waals surface area contributed by atoms with Gasteiger partial charge in [-0.3, -0.25) is 0 Å². The van der Waals surface area contributed by atoms with E-state index in [1.54, 1.807) is 0 Å². The van der Waals surface area contributed by atoms with Crippen molar-refractivity contribution in [2.45, 2.75) is 12.8 Å².